The van der Waals surface area contributed by atoms with Crippen molar-refractivity contribution in [1.82, 2.24) is 9.97 Å². The van der Waals surface area contributed by atoms with Crippen molar-refractivity contribution in [3.63, 3.8) is 0 Å². The summed E-state index contributed by atoms with van der Waals surface area (Å²) in [6.45, 7) is 2.00. The number of hydrogen-bond donors (Lipinski definition) is 1. The van der Waals surface area contributed by atoms with Gasteiger partial charge in [0.15, 0.2) is 12.0 Å². The second-order valence-electron chi connectivity index (χ2n) is 4.64. The van der Waals surface area contributed by atoms with Gasteiger partial charge in [-0.2, -0.15) is 0 Å². The van der Waals surface area contributed by atoms with Gasteiger partial charge in [-0.1, -0.05) is 0 Å². The van der Waals surface area contributed by atoms with E-state index < -0.39 is 5.97 Å². The number of amides is 1. The van der Waals surface area contributed by atoms with Gasteiger partial charge in [-0.25, -0.2) is 14.8 Å². The molecule has 0 saturated heterocycles. The molecule has 7 nitrogen and oxygen atoms in total. The zero-order valence-corrected chi connectivity index (χ0v) is 12.3. The van der Waals surface area contributed by atoms with Crippen LogP contribution in [0.1, 0.15) is 27.6 Å². The van der Waals surface area contributed by atoms with E-state index in [2.05, 4.69) is 15.3 Å². The van der Waals surface area contributed by atoms with Crippen molar-refractivity contribution in [3.8, 4) is 0 Å². The van der Waals surface area contributed by atoms with Crippen molar-refractivity contribution in [2.75, 3.05) is 11.9 Å². The van der Waals surface area contributed by atoms with Crippen LogP contribution in [0.4, 0.5) is 5.82 Å². The zero-order valence-electron chi connectivity index (χ0n) is 12.3. The summed E-state index contributed by atoms with van der Waals surface area (Å²) < 4.78 is 10.0. The van der Waals surface area contributed by atoms with Crippen LogP contribution in [-0.2, 0) is 4.74 Å². The first-order valence-electron chi connectivity index (χ1n) is 6.95. The maximum atomic E-state index is 12.3. The molecule has 0 saturated carbocycles. The van der Waals surface area contributed by atoms with Crippen LogP contribution >= 0.6 is 0 Å². The lowest BCUT2D eigenvalue weighted by molar-refractivity contribution is 0.0526. The Morgan fingerprint density at radius 3 is 2.87 bits per heavy atom. The summed E-state index contributed by atoms with van der Waals surface area (Å²) in [5, 5.41) is 2.64. The molecule has 0 radical (unpaired) electrons. The number of nitrogens with zero attached hydrogens (tertiary/aromatic N) is 2. The Kier molecular flexibility index (Phi) is 4.01. The number of carbonyl (C=O) groups excluding carboxylic acids is 2. The quantitative estimate of drug-likeness (QED) is 0.744. The lowest BCUT2D eigenvalue weighted by Gasteiger charge is -2.06. The van der Waals surface area contributed by atoms with Crippen molar-refractivity contribution >= 4 is 28.8 Å². The monoisotopic (exact) mass is 311 g/mol. The molecule has 0 aliphatic heterocycles. The first-order chi connectivity index (χ1) is 11.2. The number of fused-ring (bicyclic) bond motifs is 1. The molecule has 1 N–H and O–H groups in total. The smallest absolute Gasteiger partial charge is 0.338 e. The lowest BCUT2D eigenvalue weighted by atomic mass is 10.2. The molecule has 23 heavy (non-hydrogen) atoms. The molecule has 0 unspecified atom stereocenters. The van der Waals surface area contributed by atoms with Gasteiger partial charge in [0.05, 0.1) is 12.2 Å². The normalized spacial score (nSPS) is 10.5. The molecule has 1 aromatic carbocycles. The van der Waals surface area contributed by atoms with Gasteiger partial charge in [-0.15, -0.1) is 0 Å². The summed E-state index contributed by atoms with van der Waals surface area (Å²) in [7, 11) is 0. The minimum absolute atomic E-state index is 0.265. The average Bonchev–Trinajstić information content (AvgIpc) is 3.03. The number of ether oxygens (including phenoxy) is 1. The van der Waals surface area contributed by atoms with E-state index in [9.17, 15) is 9.59 Å². The van der Waals surface area contributed by atoms with Gasteiger partial charge in [0.1, 0.15) is 11.3 Å². The van der Waals surface area contributed by atoms with Crippen LogP contribution in [0.15, 0.2) is 47.3 Å². The van der Waals surface area contributed by atoms with Gasteiger partial charge in [0.2, 0.25) is 0 Å². The Balaban J connectivity index is 1.79. The van der Waals surface area contributed by atoms with Crippen molar-refractivity contribution in [3.05, 3.63) is 54.0 Å². The minimum atomic E-state index is -0.464. The van der Waals surface area contributed by atoms with Gasteiger partial charge >= 0.3 is 5.97 Å². The van der Waals surface area contributed by atoms with E-state index in [1.807, 2.05) is 0 Å². The van der Waals surface area contributed by atoms with Gasteiger partial charge in [0.25, 0.3) is 5.91 Å². The van der Waals surface area contributed by atoms with Crippen molar-refractivity contribution < 1.29 is 18.7 Å². The van der Waals surface area contributed by atoms with E-state index in [4.69, 9.17) is 9.15 Å². The molecule has 0 bridgehead atoms. The Labute approximate surface area is 131 Å². The van der Waals surface area contributed by atoms with Crippen LogP contribution in [0, 0.1) is 0 Å². The Hall–Kier alpha value is -3.22. The summed E-state index contributed by atoms with van der Waals surface area (Å²) in [6, 6.07) is 7.89. The molecular weight excluding hydrogens is 298 g/mol. The standard InChI is InChI=1S/C16H13N3O4/c1-2-22-16(21)11-5-6-17-14(8-11)19-15(20)10-3-4-13-12(7-10)18-9-23-13/h3-9H,2H2,1H3,(H,17,19,20). The summed E-state index contributed by atoms with van der Waals surface area (Å²) in [6.07, 6.45) is 2.75. The number of carbonyl (C=O) groups is 2. The van der Waals surface area contributed by atoms with E-state index in [0.717, 1.165) is 0 Å². The van der Waals surface area contributed by atoms with Crippen LogP contribution in [0.5, 0.6) is 0 Å². The highest BCUT2D eigenvalue weighted by Crippen LogP contribution is 2.16. The highest BCUT2D eigenvalue weighted by Gasteiger charge is 2.12. The van der Waals surface area contributed by atoms with Crippen molar-refractivity contribution in [2.45, 2.75) is 6.92 Å². The molecule has 7 heteroatoms. The topological polar surface area (TPSA) is 94.3 Å². The van der Waals surface area contributed by atoms with Crippen molar-refractivity contribution in [2.24, 2.45) is 0 Å². The minimum Gasteiger partial charge on any atom is -0.462 e. The average molecular weight is 311 g/mol. The largest absolute Gasteiger partial charge is 0.462 e. The van der Waals surface area contributed by atoms with Gasteiger partial charge in [0, 0.05) is 11.8 Å². The number of pyridine rings is 1. The van der Waals surface area contributed by atoms with E-state index in [0.29, 0.717) is 22.2 Å². The third-order valence-corrected chi connectivity index (χ3v) is 3.11. The number of benzene rings is 1. The summed E-state index contributed by atoms with van der Waals surface area (Å²) in [5.74, 6) is -0.557. The van der Waals surface area contributed by atoms with E-state index in [1.54, 1.807) is 25.1 Å². The Morgan fingerprint density at radius 1 is 1.17 bits per heavy atom. The SMILES string of the molecule is CCOC(=O)c1ccnc(NC(=O)c2ccc3ocnc3c2)c1. The molecule has 2 aromatic heterocycles. The molecule has 3 rings (SSSR count). The summed E-state index contributed by atoms with van der Waals surface area (Å²) in [5.41, 5.74) is 1.92. The van der Waals surface area contributed by atoms with Crippen LogP contribution in [0.2, 0.25) is 0 Å². The number of rotatable bonds is 4. The molecular formula is C16H13N3O4. The fourth-order valence-electron chi connectivity index (χ4n) is 2.03. The second kappa shape index (κ2) is 6.27. The summed E-state index contributed by atoms with van der Waals surface area (Å²) in [4.78, 5) is 32.0. The maximum Gasteiger partial charge on any atom is 0.338 e. The van der Waals surface area contributed by atoms with Crippen molar-refractivity contribution in [1.29, 1.82) is 0 Å². The predicted octanol–water partition coefficient (Wildman–Crippen LogP) is 2.65. The highest BCUT2D eigenvalue weighted by atomic mass is 16.5. The molecule has 0 spiro atoms. The van der Waals surface area contributed by atoms with Crippen LogP contribution in [0.25, 0.3) is 11.1 Å². The van der Waals surface area contributed by atoms with E-state index >= 15 is 0 Å². The fraction of sp³-hybridized carbons (Fsp3) is 0.125. The first kappa shape index (κ1) is 14.7. The number of hydrogen-bond acceptors (Lipinski definition) is 6. The third-order valence-electron chi connectivity index (χ3n) is 3.11. The number of oxazole rings is 1. The zero-order chi connectivity index (χ0) is 16.2. The van der Waals surface area contributed by atoms with E-state index in [1.165, 1.54) is 24.7 Å². The lowest BCUT2D eigenvalue weighted by Crippen LogP contribution is -2.14. The number of aromatic nitrogens is 2. The fourth-order valence-corrected chi connectivity index (χ4v) is 2.03. The van der Waals surface area contributed by atoms with Crippen LogP contribution in [-0.4, -0.2) is 28.5 Å². The Bertz CT molecular complexity index is 872. The third kappa shape index (κ3) is 3.18. The number of nitrogens with one attached hydrogen (secondary N) is 1. The highest BCUT2D eigenvalue weighted by molar-refractivity contribution is 6.05. The maximum absolute atomic E-state index is 12.3. The van der Waals surface area contributed by atoms with Gasteiger partial charge in [-0.3, -0.25) is 4.79 Å². The molecule has 116 valence electrons. The number of esters is 1. The molecule has 0 atom stereocenters. The van der Waals surface area contributed by atoms with Gasteiger partial charge in [-0.05, 0) is 37.3 Å². The van der Waals surface area contributed by atoms with Crippen LogP contribution in [0.3, 0.4) is 0 Å². The number of anilines is 1. The molecule has 0 fully saturated rings. The Morgan fingerprint density at radius 2 is 2.04 bits per heavy atom. The molecule has 1 amide bonds. The predicted molar refractivity (Wildman–Crippen MR) is 82.2 cm³/mol. The van der Waals surface area contributed by atoms with Gasteiger partial charge < -0.3 is 14.5 Å². The molecule has 0 aliphatic carbocycles. The first-order valence-corrected chi connectivity index (χ1v) is 6.95. The molecule has 0 aliphatic rings. The molecule has 2 heterocycles. The molecule has 3 aromatic rings. The summed E-state index contributed by atoms with van der Waals surface area (Å²) >= 11 is 0. The van der Waals surface area contributed by atoms with E-state index in [-0.39, 0.29) is 18.3 Å². The van der Waals surface area contributed by atoms with Crippen LogP contribution < -0.4 is 5.32 Å². The second-order valence-corrected chi connectivity index (χ2v) is 4.64.